The fourth-order valence-corrected chi connectivity index (χ4v) is 3.49. The lowest BCUT2D eigenvalue weighted by Crippen LogP contribution is -2.37. The number of imidazole rings is 1. The average Bonchev–Trinajstić information content (AvgIpc) is 3.07. The number of carbonyl (C=O) groups is 1. The lowest BCUT2D eigenvalue weighted by Gasteiger charge is -2.16. The number of hydrogen-bond donors (Lipinski definition) is 1. The van der Waals surface area contributed by atoms with Crippen molar-refractivity contribution in [3.05, 3.63) is 65.1 Å². The molecule has 1 atom stereocenters. The zero-order valence-corrected chi connectivity index (χ0v) is 17.7. The molecule has 3 aromatic rings. The number of nitrogens with one attached hydrogen (secondary N) is 1. The molecule has 8 heteroatoms. The Balaban J connectivity index is 1.85. The van der Waals surface area contributed by atoms with Gasteiger partial charge in [0.25, 0.3) is 5.91 Å². The van der Waals surface area contributed by atoms with Crippen molar-refractivity contribution in [2.24, 2.45) is 0 Å². The van der Waals surface area contributed by atoms with Crippen LogP contribution in [-0.2, 0) is 6.61 Å². The molecule has 0 spiro atoms. The summed E-state index contributed by atoms with van der Waals surface area (Å²) >= 11 is 6.00. The lowest BCUT2D eigenvalue weighted by molar-refractivity contribution is 0.0932. The molecule has 160 valence electrons. The number of rotatable bonds is 9. The largest absolute Gasteiger partial charge is 0.485 e. The number of benzene rings is 1. The van der Waals surface area contributed by atoms with Crippen LogP contribution in [-0.4, -0.2) is 27.2 Å². The van der Waals surface area contributed by atoms with Gasteiger partial charge in [-0.2, -0.15) is 0 Å². The van der Waals surface area contributed by atoms with Crippen LogP contribution in [0.4, 0.5) is 8.78 Å². The van der Waals surface area contributed by atoms with Crippen LogP contribution in [0.15, 0.2) is 36.5 Å². The molecule has 5 nitrogen and oxygen atoms in total. The van der Waals surface area contributed by atoms with Crippen LogP contribution < -0.4 is 10.1 Å². The number of alkyl halides is 1. The maximum Gasteiger partial charge on any atom is 0.270 e. The molecule has 0 aliphatic carbocycles. The number of ether oxygens (including phenoxy) is 1. The quantitative estimate of drug-likeness (QED) is 0.480. The van der Waals surface area contributed by atoms with E-state index in [0.29, 0.717) is 28.7 Å². The first-order chi connectivity index (χ1) is 14.5. The molecule has 2 heterocycles. The highest BCUT2D eigenvalue weighted by atomic mass is 35.5. The number of fused-ring (bicyclic) bond motifs is 1. The highest BCUT2D eigenvalue weighted by molar-refractivity contribution is 6.18. The van der Waals surface area contributed by atoms with Crippen molar-refractivity contribution in [3.63, 3.8) is 0 Å². The Hall–Kier alpha value is -2.67. The summed E-state index contributed by atoms with van der Waals surface area (Å²) in [5.41, 5.74) is 1.12. The van der Waals surface area contributed by atoms with Gasteiger partial charge in [0, 0.05) is 18.1 Å². The van der Waals surface area contributed by atoms with E-state index in [9.17, 15) is 13.6 Å². The number of hydrogen-bond acceptors (Lipinski definition) is 3. The molecule has 1 amide bonds. The predicted octanol–water partition coefficient (Wildman–Crippen LogP) is 5.03. The van der Waals surface area contributed by atoms with E-state index in [1.165, 1.54) is 18.2 Å². The first-order valence-electron chi connectivity index (χ1n) is 9.86. The minimum absolute atomic E-state index is 0.132. The molecule has 0 aliphatic rings. The molecule has 0 unspecified atom stereocenters. The molecular formula is C22H24ClF2N3O2. The average molecular weight is 436 g/mol. The third-order valence-corrected chi connectivity index (χ3v) is 5.24. The number of unbranched alkanes of at least 4 members (excludes halogenated alkanes) is 1. The normalized spacial score (nSPS) is 12.2. The van der Waals surface area contributed by atoms with Crippen molar-refractivity contribution in [3.8, 4) is 5.75 Å². The highest BCUT2D eigenvalue weighted by Crippen LogP contribution is 2.24. The molecule has 1 N–H and O–H groups in total. The van der Waals surface area contributed by atoms with E-state index in [1.807, 2.05) is 0 Å². The minimum Gasteiger partial charge on any atom is -0.485 e. The van der Waals surface area contributed by atoms with Gasteiger partial charge < -0.3 is 10.1 Å². The third-order valence-electron chi connectivity index (χ3n) is 4.86. The first-order valence-corrected chi connectivity index (χ1v) is 10.4. The van der Waals surface area contributed by atoms with Crippen molar-refractivity contribution in [2.75, 3.05) is 5.88 Å². The second-order valence-electron chi connectivity index (χ2n) is 7.07. The van der Waals surface area contributed by atoms with Crippen LogP contribution in [0.5, 0.6) is 5.75 Å². The van der Waals surface area contributed by atoms with E-state index in [1.54, 1.807) is 29.7 Å². The van der Waals surface area contributed by atoms with Gasteiger partial charge in [0.15, 0.2) is 11.4 Å². The van der Waals surface area contributed by atoms with Gasteiger partial charge in [-0.25, -0.2) is 13.8 Å². The number of halogens is 3. The molecule has 3 rings (SSSR count). The summed E-state index contributed by atoms with van der Waals surface area (Å²) < 4.78 is 35.0. The molecule has 0 bridgehead atoms. The topological polar surface area (TPSA) is 55.6 Å². The summed E-state index contributed by atoms with van der Waals surface area (Å²) in [5.74, 6) is -0.993. The molecule has 2 aromatic heterocycles. The van der Waals surface area contributed by atoms with E-state index in [0.717, 1.165) is 19.3 Å². The first kappa shape index (κ1) is 22.0. The van der Waals surface area contributed by atoms with Gasteiger partial charge in [0.2, 0.25) is 0 Å². The number of aryl methyl sites for hydroxylation is 1. The van der Waals surface area contributed by atoms with Crippen molar-refractivity contribution in [1.82, 2.24) is 14.7 Å². The van der Waals surface area contributed by atoms with Crippen LogP contribution in [0.1, 0.15) is 47.9 Å². The number of aromatic nitrogens is 2. The van der Waals surface area contributed by atoms with Crippen LogP contribution in [0, 0.1) is 18.6 Å². The molecule has 0 fully saturated rings. The van der Waals surface area contributed by atoms with E-state index < -0.39 is 11.6 Å². The summed E-state index contributed by atoms with van der Waals surface area (Å²) in [6.45, 7) is 3.51. The Morgan fingerprint density at radius 1 is 1.27 bits per heavy atom. The van der Waals surface area contributed by atoms with Crippen LogP contribution in [0.3, 0.4) is 0 Å². The summed E-state index contributed by atoms with van der Waals surface area (Å²) in [5, 5.41) is 2.96. The van der Waals surface area contributed by atoms with Gasteiger partial charge in [0.1, 0.15) is 23.9 Å². The Labute approximate surface area is 179 Å². The Bertz CT molecular complexity index is 1020. The Kier molecular flexibility index (Phi) is 7.26. The van der Waals surface area contributed by atoms with Crippen LogP contribution >= 0.6 is 11.6 Å². The molecular weight excluding hydrogens is 412 g/mol. The second-order valence-corrected chi connectivity index (χ2v) is 7.38. The number of pyridine rings is 1. The summed E-state index contributed by atoms with van der Waals surface area (Å²) in [6, 6.07) is 6.85. The zero-order valence-electron chi connectivity index (χ0n) is 16.9. The van der Waals surface area contributed by atoms with E-state index in [2.05, 4.69) is 17.2 Å². The van der Waals surface area contributed by atoms with Crippen LogP contribution in [0.2, 0.25) is 0 Å². The van der Waals surface area contributed by atoms with Crippen molar-refractivity contribution >= 4 is 23.2 Å². The van der Waals surface area contributed by atoms with Crippen LogP contribution in [0.25, 0.3) is 5.65 Å². The van der Waals surface area contributed by atoms with Gasteiger partial charge in [-0.3, -0.25) is 9.20 Å². The van der Waals surface area contributed by atoms with E-state index in [-0.39, 0.29) is 24.1 Å². The standard InChI is InChI=1S/C22H24ClF2N3O2/c1-3-4-7-15(12-23)27-22(29)20-14(2)26-21-19(10-6-11-28(20)21)30-13-16-17(24)8-5-9-18(16)25/h5-6,8-11,15H,3-4,7,12-13H2,1-2H3,(H,27,29)/t15-/m1/s1. The van der Waals surface area contributed by atoms with Gasteiger partial charge >= 0.3 is 0 Å². The highest BCUT2D eigenvalue weighted by Gasteiger charge is 2.21. The van der Waals surface area contributed by atoms with E-state index >= 15 is 0 Å². The van der Waals surface area contributed by atoms with Gasteiger partial charge in [-0.15, -0.1) is 11.6 Å². The number of nitrogens with zero attached hydrogens (tertiary/aromatic N) is 2. The summed E-state index contributed by atoms with van der Waals surface area (Å²) in [7, 11) is 0. The fourth-order valence-electron chi connectivity index (χ4n) is 3.25. The third kappa shape index (κ3) is 4.73. The molecule has 0 saturated heterocycles. The zero-order chi connectivity index (χ0) is 21.7. The Morgan fingerprint density at radius 2 is 2.00 bits per heavy atom. The summed E-state index contributed by atoms with van der Waals surface area (Å²) in [6.07, 6.45) is 4.47. The van der Waals surface area contributed by atoms with E-state index in [4.69, 9.17) is 16.3 Å². The van der Waals surface area contributed by atoms with Gasteiger partial charge in [0.05, 0.1) is 11.3 Å². The molecule has 0 radical (unpaired) electrons. The van der Waals surface area contributed by atoms with Crippen molar-refractivity contribution in [2.45, 2.75) is 45.8 Å². The number of carbonyl (C=O) groups excluding carboxylic acids is 1. The predicted molar refractivity (Wildman–Crippen MR) is 112 cm³/mol. The molecule has 1 aromatic carbocycles. The van der Waals surface area contributed by atoms with Gasteiger partial charge in [-0.1, -0.05) is 25.8 Å². The SMILES string of the molecule is CCCC[C@H](CCl)NC(=O)c1c(C)nc2c(OCc3c(F)cccc3F)cccn12. The maximum atomic E-state index is 13.9. The number of amides is 1. The molecule has 0 saturated carbocycles. The molecule has 0 aliphatic heterocycles. The van der Waals surface area contributed by atoms with Crippen molar-refractivity contribution < 1.29 is 18.3 Å². The minimum atomic E-state index is -0.680. The van der Waals surface area contributed by atoms with Crippen molar-refractivity contribution in [1.29, 1.82) is 0 Å². The Morgan fingerprint density at radius 3 is 2.67 bits per heavy atom. The smallest absolute Gasteiger partial charge is 0.270 e. The maximum absolute atomic E-state index is 13.9. The lowest BCUT2D eigenvalue weighted by atomic mass is 10.1. The second kappa shape index (κ2) is 9.89. The summed E-state index contributed by atoms with van der Waals surface area (Å²) in [4.78, 5) is 17.3. The van der Waals surface area contributed by atoms with Gasteiger partial charge in [-0.05, 0) is 37.6 Å². The fraction of sp³-hybridized carbons (Fsp3) is 0.364. The molecule has 30 heavy (non-hydrogen) atoms. The monoisotopic (exact) mass is 435 g/mol.